The lowest BCUT2D eigenvalue weighted by Crippen LogP contribution is -2.51. The van der Waals surface area contributed by atoms with Crippen molar-refractivity contribution in [2.24, 2.45) is 17.8 Å². The molecule has 0 aromatic heterocycles. The second-order valence-electron chi connectivity index (χ2n) is 13.0. The van der Waals surface area contributed by atoms with Crippen molar-refractivity contribution in [3.8, 4) is 5.75 Å². The van der Waals surface area contributed by atoms with Gasteiger partial charge in [0, 0.05) is 41.4 Å². The van der Waals surface area contributed by atoms with Gasteiger partial charge in [-0.05, 0) is 85.4 Å². The molecule has 1 spiro atoms. The molecule has 1 saturated carbocycles. The van der Waals surface area contributed by atoms with Crippen LogP contribution in [0, 0.1) is 17.8 Å². The second-order valence-corrected chi connectivity index (χ2v) is 15.3. The van der Waals surface area contributed by atoms with Gasteiger partial charge in [0.2, 0.25) is 10.0 Å². The minimum Gasteiger partial charge on any atom is -0.490 e. The molecule has 3 aliphatic heterocycles. The van der Waals surface area contributed by atoms with Gasteiger partial charge < -0.3 is 19.1 Å². The van der Waals surface area contributed by atoms with Crippen LogP contribution in [0.15, 0.2) is 36.4 Å². The normalized spacial score (nSPS) is 34.2. The predicted molar refractivity (Wildman–Crippen MR) is 161 cm³/mol. The number of ether oxygens (including phenoxy) is 3. The Morgan fingerprint density at radius 1 is 1.10 bits per heavy atom. The summed E-state index contributed by atoms with van der Waals surface area (Å²) in [5.74, 6) is 0.841. The smallest absolute Gasteiger partial charge is 0.264 e. The highest BCUT2D eigenvalue weighted by Crippen LogP contribution is 2.47. The van der Waals surface area contributed by atoms with Crippen molar-refractivity contribution in [3.05, 3.63) is 58.1 Å². The summed E-state index contributed by atoms with van der Waals surface area (Å²) in [4.78, 5) is 15.6. The summed E-state index contributed by atoms with van der Waals surface area (Å²) in [5, 5.41) is 0.751. The van der Waals surface area contributed by atoms with Crippen LogP contribution >= 0.6 is 11.6 Å². The molecule has 2 aromatic carbocycles. The number of hydrogen-bond acceptors (Lipinski definition) is 7. The highest BCUT2D eigenvalue weighted by Gasteiger charge is 2.46. The van der Waals surface area contributed by atoms with E-state index in [0.717, 1.165) is 68.1 Å². The molecule has 42 heavy (non-hydrogen) atoms. The van der Waals surface area contributed by atoms with Crippen LogP contribution in [-0.4, -0.2) is 65.2 Å². The van der Waals surface area contributed by atoms with Crippen LogP contribution in [0.4, 0.5) is 5.69 Å². The van der Waals surface area contributed by atoms with E-state index in [9.17, 15) is 13.2 Å². The van der Waals surface area contributed by atoms with Crippen molar-refractivity contribution >= 4 is 33.2 Å². The van der Waals surface area contributed by atoms with Gasteiger partial charge in [0.15, 0.2) is 0 Å². The van der Waals surface area contributed by atoms with E-state index in [1.54, 1.807) is 12.1 Å². The molecule has 1 N–H and O–H groups in total. The molecular formula is C32H39ClN2O6S. The molecule has 7 rings (SSSR count). The first-order valence-corrected chi connectivity index (χ1v) is 17.3. The molecule has 2 aliphatic carbocycles. The van der Waals surface area contributed by atoms with Crippen LogP contribution < -0.4 is 14.4 Å². The molecule has 1 amide bonds. The van der Waals surface area contributed by atoms with Crippen LogP contribution in [-0.2, 0) is 31.3 Å². The van der Waals surface area contributed by atoms with E-state index < -0.39 is 15.9 Å². The number of rotatable bonds is 0. The van der Waals surface area contributed by atoms with E-state index in [-0.39, 0.29) is 35.9 Å². The van der Waals surface area contributed by atoms with E-state index in [2.05, 4.69) is 28.7 Å². The fourth-order valence-electron chi connectivity index (χ4n) is 7.85. The van der Waals surface area contributed by atoms with Gasteiger partial charge in [-0.1, -0.05) is 24.6 Å². The zero-order chi connectivity index (χ0) is 29.1. The lowest BCUT2D eigenvalue weighted by molar-refractivity contribution is -0.139. The number of hydrogen-bond donors (Lipinski definition) is 1. The van der Waals surface area contributed by atoms with E-state index in [1.807, 2.05) is 12.1 Å². The first-order chi connectivity index (χ1) is 20.2. The van der Waals surface area contributed by atoms with E-state index >= 15 is 0 Å². The zero-order valence-electron chi connectivity index (χ0n) is 24.0. The third-order valence-corrected chi connectivity index (χ3v) is 11.7. The monoisotopic (exact) mass is 614 g/mol. The van der Waals surface area contributed by atoms with Gasteiger partial charge in [-0.2, -0.15) is 0 Å². The van der Waals surface area contributed by atoms with Crippen molar-refractivity contribution in [1.82, 2.24) is 4.72 Å². The highest BCUT2D eigenvalue weighted by molar-refractivity contribution is 7.90. The molecule has 4 bridgehead atoms. The van der Waals surface area contributed by atoms with Crippen molar-refractivity contribution in [2.75, 3.05) is 43.6 Å². The number of carbonyl (C=O) groups is 1. The van der Waals surface area contributed by atoms with Gasteiger partial charge in [-0.15, -0.1) is 0 Å². The Labute approximate surface area is 253 Å². The first-order valence-electron chi connectivity index (χ1n) is 15.3. The molecule has 0 unspecified atom stereocenters. The maximum atomic E-state index is 13.2. The molecule has 1 saturated heterocycles. The molecule has 2 aromatic rings. The molecule has 226 valence electrons. The Balaban J connectivity index is 1.28. The van der Waals surface area contributed by atoms with E-state index in [0.29, 0.717) is 30.6 Å². The summed E-state index contributed by atoms with van der Waals surface area (Å²) < 4.78 is 47.0. The van der Waals surface area contributed by atoms with E-state index in [1.165, 1.54) is 11.1 Å². The lowest BCUT2D eigenvalue weighted by Gasteiger charge is -2.48. The number of amides is 1. The number of halogens is 1. The summed E-state index contributed by atoms with van der Waals surface area (Å²) >= 11 is 6.41. The van der Waals surface area contributed by atoms with Crippen LogP contribution in [0.25, 0.3) is 0 Å². The molecule has 8 nitrogen and oxygen atoms in total. The molecule has 2 fully saturated rings. The maximum Gasteiger partial charge on any atom is 0.264 e. The predicted octanol–water partition coefficient (Wildman–Crippen LogP) is 4.72. The van der Waals surface area contributed by atoms with Gasteiger partial charge in [-0.25, -0.2) is 13.1 Å². The van der Waals surface area contributed by atoms with E-state index in [4.69, 9.17) is 25.8 Å². The molecule has 10 heteroatoms. The molecule has 3 heterocycles. The fourth-order valence-corrected chi connectivity index (χ4v) is 8.87. The number of sulfonamides is 1. The molecular weight excluding hydrogens is 576 g/mol. The zero-order valence-corrected chi connectivity index (χ0v) is 25.6. The Morgan fingerprint density at radius 3 is 2.81 bits per heavy atom. The average Bonchev–Trinajstić information content (AvgIpc) is 3.09. The highest BCUT2D eigenvalue weighted by atomic mass is 35.5. The minimum atomic E-state index is -3.87. The SMILES string of the molecule is C[C@@H]1CO[C@H]2C[C@H]1OCCS(=O)(=O)NC(=O)c1ccc3c(c1)N(C[C@@H]1CC[C@H]12)C[C@@]1(CCCc2cc(Cl)ccc21)CO3. The van der Waals surface area contributed by atoms with Crippen molar-refractivity contribution in [1.29, 1.82) is 0 Å². The summed E-state index contributed by atoms with van der Waals surface area (Å²) in [7, 11) is -3.87. The number of nitrogens with zero attached hydrogens (tertiary/aromatic N) is 1. The van der Waals surface area contributed by atoms with Crippen LogP contribution in [0.1, 0.15) is 60.5 Å². The van der Waals surface area contributed by atoms with Crippen LogP contribution in [0.5, 0.6) is 5.75 Å². The number of fused-ring (bicyclic) bond motifs is 7. The third-order valence-electron chi connectivity index (χ3n) is 10.3. The topological polar surface area (TPSA) is 94.2 Å². The van der Waals surface area contributed by atoms with Gasteiger partial charge in [0.1, 0.15) is 5.75 Å². The van der Waals surface area contributed by atoms with Gasteiger partial charge in [0.05, 0.1) is 43.5 Å². The summed E-state index contributed by atoms with van der Waals surface area (Å²) in [5.41, 5.74) is 3.48. The van der Waals surface area contributed by atoms with Crippen LogP contribution in [0.3, 0.4) is 0 Å². The number of anilines is 1. The molecule has 0 radical (unpaired) electrons. The van der Waals surface area contributed by atoms with Crippen molar-refractivity contribution in [3.63, 3.8) is 0 Å². The lowest BCUT2D eigenvalue weighted by atomic mass is 9.67. The van der Waals surface area contributed by atoms with Gasteiger partial charge in [-0.3, -0.25) is 4.79 Å². The number of aryl methyl sites for hydroxylation is 1. The Hall–Kier alpha value is -2.33. The summed E-state index contributed by atoms with van der Waals surface area (Å²) in [6, 6.07) is 11.5. The maximum absolute atomic E-state index is 13.2. The largest absolute Gasteiger partial charge is 0.490 e. The first kappa shape index (κ1) is 28.4. The average molecular weight is 615 g/mol. The second kappa shape index (κ2) is 11.0. The van der Waals surface area contributed by atoms with Crippen LogP contribution in [0.2, 0.25) is 5.02 Å². The number of carbonyl (C=O) groups excluding carboxylic acids is 1. The van der Waals surface area contributed by atoms with Crippen molar-refractivity contribution < 1.29 is 27.4 Å². The Kier molecular flexibility index (Phi) is 7.44. The number of nitrogens with one attached hydrogen (secondary N) is 1. The van der Waals surface area contributed by atoms with Crippen molar-refractivity contribution in [2.45, 2.75) is 63.1 Å². The summed E-state index contributed by atoms with van der Waals surface area (Å²) in [6.45, 7) is 4.83. The quantitative estimate of drug-likeness (QED) is 0.459. The molecule has 5 aliphatic rings. The minimum absolute atomic E-state index is 0.0407. The third kappa shape index (κ3) is 5.31. The van der Waals surface area contributed by atoms with Gasteiger partial charge >= 0.3 is 0 Å². The molecule has 6 atom stereocenters. The summed E-state index contributed by atoms with van der Waals surface area (Å²) in [6.07, 6.45) is 6.05. The standard InChI is InChI=1S/C32H39ClN2O6S/c1-20-17-40-30-15-29(20)39-11-12-42(37,38)34-31(36)22-5-9-28-27(14-22)35(16-23-4-7-25(23)30)18-32(19-41-28)10-2-3-21-13-24(33)6-8-26(21)32/h5-6,8-9,13-14,20,23,25,29-30H,2-4,7,10-12,15-19H2,1H3,(H,34,36)/t20-,23+,25-,29-,30+,32+/m1/s1. The number of benzene rings is 2. The fraction of sp³-hybridized carbons (Fsp3) is 0.594. The Morgan fingerprint density at radius 2 is 1.98 bits per heavy atom. The van der Waals surface area contributed by atoms with Gasteiger partial charge in [0.25, 0.3) is 5.91 Å². The Bertz CT molecular complexity index is 1480.